The first kappa shape index (κ1) is 16.4. The molecule has 5 nitrogen and oxygen atoms in total. The maximum absolute atomic E-state index is 12.3. The van der Waals surface area contributed by atoms with E-state index in [4.69, 9.17) is 4.42 Å². The molecule has 0 spiro atoms. The highest BCUT2D eigenvalue weighted by Crippen LogP contribution is 2.22. The van der Waals surface area contributed by atoms with Gasteiger partial charge >= 0.3 is 12.2 Å². The van der Waals surface area contributed by atoms with Gasteiger partial charge in [-0.05, 0) is 25.1 Å². The number of carbonyl (C=O) groups is 1. The number of allylic oxidation sites excluding steroid dienone is 1. The standard InChI is InChI=1S/C16H12F2O5/c1-9-8-12(20)14(15(21)22-9)11(19)7-6-10-4-2-3-5-13(10)23-16(17)18/h2-8,16,20H,1H3. The molecule has 0 saturated heterocycles. The molecule has 1 aromatic carbocycles. The van der Waals surface area contributed by atoms with E-state index in [1.807, 2.05) is 0 Å². The van der Waals surface area contributed by atoms with Crippen molar-refractivity contribution in [3.05, 3.63) is 63.7 Å². The summed E-state index contributed by atoms with van der Waals surface area (Å²) in [7, 11) is 0. The van der Waals surface area contributed by atoms with Crippen molar-refractivity contribution in [1.82, 2.24) is 0 Å². The summed E-state index contributed by atoms with van der Waals surface area (Å²) in [5.74, 6) is -1.29. The molecule has 120 valence electrons. The number of carbonyl (C=O) groups excluding carboxylic acids is 1. The van der Waals surface area contributed by atoms with Gasteiger partial charge in [-0.2, -0.15) is 8.78 Å². The van der Waals surface area contributed by atoms with Crippen molar-refractivity contribution in [3.8, 4) is 11.5 Å². The third-order valence-corrected chi connectivity index (χ3v) is 2.85. The predicted molar refractivity (Wildman–Crippen MR) is 77.8 cm³/mol. The molecule has 1 heterocycles. The summed E-state index contributed by atoms with van der Waals surface area (Å²) in [5, 5.41) is 9.67. The SMILES string of the molecule is Cc1cc(O)c(C(=O)C=Cc2ccccc2OC(F)F)c(=O)o1. The maximum atomic E-state index is 12.3. The van der Waals surface area contributed by atoms with E-state index in [-0.39, 0.29) is 17.1 Å². The number of aryl methyl sites for hydroxylation is 1. The Morgan fingerprint density at radius 3 is 2.70 bits per heavy atom. The summed E-state index contributed by atoms with van der Waals surface area (Å²) in [6, 6.07) is 6.97. The Labute approximate surface area is 129 Å². The van der Waals surface area contributed by atoms with Crippen LogP contribution in [0.2, 0.25) is 0 Å². The molecule has 2 rings (SSSR count). The zero-order valence-corrected chi connectivity index (χ0v) is 12.0. The van der Waals surface area contributed by atoms with Crippen LogP contribution in [-0.4, -0.2) is 17.5 Å². The lowest BCUT2D eigenvalue weighted by atomic mass is 10.1. The summed E-state index contributed by atoms with van der Waals surface area (Å²) >= 11 is 0. The van der Waals surface area contributed by atoms with E-state index >= 15 is 0 Å². The molecule has 0 aliphatic rings. The average molecular weight is 322 g/mol. The van der Waals surface area contributed by atoms with Crippen LogP contribution in [0.15, 0.2) is 45.6 Å². The number of rotatable bonds is 5. The number of para-hydroxylation sites is 1. The van der Waals surface area contributed by atoms with E-state index in [1.54, 1.807) is 6.07 Å². The number of alkyl halides is 2. The molecule has 0 aliphatic heterocycles. The van der Waals surface area contributed by atoms with Gasteiger partial charge in [0.1, 0.15) is 22.8 Å². The van der Waals surface area contributed by atoms with Crippen molar-refractivity contribution in [2.24, 2.45) is 0 Å². The van der Waals surface area contributed by atoms with Crippen molar-refractivity contribution in [2.75, 3.05) is 0 Å². The molecular weight excluding hydrogens is 310 g/mol. The lowest BCUT2D eigenvalue weighted by molar-refractivity contribution is -0.0499. The highest BCUT2D eigenvalue weighted by Gasteiger charge is 2.16. The molecule has 0 fully saturated rings. The van der Waals surface area contributed by atoms with E-state index in [2.05, 4.69) is 4.74 Å². The van der Waals surface area contributed by atoms with E-state index in [1.165, 1.54) is 31.2 Å². The molecule has 2 aromatic rings. The van der Waals surface area contributed by atoms with Crippen molar-refractivity contribution in [1.29, 1.82) is 0 Å². The molecule has 0 bridgehead atoms. The highest BCUT2D eigenvalue weighted by molar-refractivity contribution is 6.08. The van der Waals surface area contributed by atoms with E-state index in [0.29, 0.717) is 0 Å². The topological polar surface area (TPSA) is 76.7 Å². The van der Waals surface area contributed by atoms with Gasteiger partial charge in [-0.15, -0.1) is 0 Å². The first-order valence-corrected chi connectivity index (χ1v) is 6.48. The molecule has 0 aliphatic carbocycles. The smallest absolute Gasteiger partial charge is 0.387 e. The molecule has 0 radical (unpaired) electrons. The Kier molecular flexibility index (Phi) is 4.90. The van der Waals surface area contributed by atoms with Crippen LogP contribution in [0.4, 0.5) is 8.78 Å². The van der Waals surface area contributed by atoms with Crippen LogP contribution in [-0.2, 0) is 0 Å². The molecular formula is C16H12F2O5. The zero-order valence-electron chi connectivity index (χ0n) is 12.0. The molecule has 7 heteroatoms. The van der Waals surface area contributed by atoms with Gasteiger partial charge in [0.15, 0.2) is 5.78 Å². The van der Waals surface area contributed by atoms with Crippen LogP contribution < -0.4 is 10.4 Å². The van der Waals surface area contributed by atoms with E-state index < -0.39 is 29.3 Å². The van der Waals surface area contributed by atoms with Crippen LogP contribution in [0.1, 0.15) is 21.7 Å². The second-order valence-corrected chi connectivity index (χ2v) is 4.52. The number of benzene rings is 1. The summed E-state index contributed by atoms with van der Waals surface area (Å²) in [4.78, 5) is 23.6. The Balaban J connectivity index is 2.31. The molecule has 1 aromatic heterocycles. The predicted octanol–water partition coefficient (Wildman–Crippen LogP) is 3.15. The van der Waals surface area contributed by atoms with Gasteiger partial charge < -0.3 is 14.3 Å². The summed E-state index contributed by atoms with van der Waals surface area (Å²) in [6.07, 6.45) is 2.17. The number of halogens is 2. The van der Waals surface area contributed by atoms with Crippen molar-refractivity contribution in [2.45, 2.75) is 13.5 Å². The number of ether oxygens (including phenoxy) is 1. The zero-order chi connectivity index (χ0) is 17.0. The monoisotopic (exact) mass is 322 g/mol. The number of hydrogen-bond acceptors (Lipinski definition) is 5. The highest BCUT2D eigenvalue weighted by atomic mass is 19.3. The van der Waals surface area contributed by atoms with Gasteiger partial charge in [-0.1, -0.05) is 18.2 Å². The van der Waals surface area contributed by atoms with Crippen molar-refractivity contribution >= 4 is 11.9 Å². The molecule has 0 saturated carbocycles. The van der Waals surface area contributed by atoms with Crippen LogP contribution in [0.5, 0.6) is 11.5 Å². The van der Waals surface area contributed by atoms with Gasteiger partial charge in [0.05, 0.1) is 0 Å². The number of ketones is 1. The van der Waals surface area contributed by atoms with Gasteiger partial charge in [-0.3, -0.25) is 4.79 Å². The second kappa shape index (κ2) is 6.87. The van der Waals surface area contributed by atoms with Gasteiger partial charge in [0.25, 0.3) is 0 Å². The Morgan fingerprint density at radius 2 is 2.04 bits per heavy atom. The third kappa shape index (κ3) is 4.03. The molecule has 0 amide bonds. The Bertz CT molecular complexity index is 808. The number of hydrogen-bond donors (Lipinski definition) is 1. The Hall–Kier alpha value is -2.96. The van der Waals surface area contributed by atoms with Gasteiger partial charge in [0.2, 0.25) is 0 Å². The molecule has 1 N–H and O–H groups in total. The first-order valence-electron chi connectivity index (χ1n) is 6.48. The van der Waals surface area contributed by atoms with Crippen LogP contribution in [0.25, 0.3) is 6.08 Å². The van der Waals surface area contributed by atoms with Crippen LogP contribution in [0.3, 0.4) is 0 Å². The summed E-state index contributed by atoms with van der Waals surface area (Å²) in [6.45, 7) is -1.56. The first-order chi connectivity index (χ1) is 10.9. The van der Waals surface area contributed by atoms with Crippen molar-refractivity contribution in [3.63, 3.8) is 0 Å². The number of aromatic hydroxyl groups is 1. The van der Waals surface area contributed by atoms with Gasteiger partial charge in [0, 0.05) is 11.6 Å². The minimum Gasteiger partial charge on any atom is -0.507 e. The fraction of sp³-hybridized carbons (Fsp3) is 0.125. The molecule has 0 unspecified atom stereocenters. The normalized spacial score (nSPS) is 11.1. The maximum Gasteiger partial charge on any atom is 0.387 e. The summed E-state index contributed by atoms with van der Waals surface area (Å²) < 4.78 is 33.7. The van der Waals surface area contributed by atoms with Crippen molar-refractivity contribution < 1.29 is 27.8 Å². The minimum atomic E-state index is -3.01. The van der Waals surface area contributed by atoms with Crippen LogP contribution in [0, 0.1) is 6.92 Å². The van der Waals surface area contributed by atoms with Gasteiger partial charge in [-0.25, -0.2) is 4.79 Å². The molecule has 23 heavy (non-hydrogen) atoms. The summed E-state index contributed by atoms with van der Waals surface area (Å²) in [5.41, 5.74) is -1.29. The average Bonchev–Trinajstić information content (AvgIpc) is 2.44. The van der Waals surface area contributed by atoms with E-state index in [9.17, 15) is 23.5 Å². The Morgan fingerprint density at radius 1 is 1.35 bits per heavy atom. The minimum absolute atomic E-state index is 0.119. The quantitative estimate of drug-likeness (QED) is 0.676. The lowest BCUT2D eigenvalue weighted by Crippen LogP contribution is -2.13. The fourth-order valence-electron chi connectivity index (χ4n) is 1.89. The second-order valence-electron chi connectivity index (χ2n) is 4.52. The van der Waals surface area contributed by atoms with Crippen LogP contribution >= 0.6 is 0 Å². The van der Waals surface area contributed by atoms with E-state index in [0.717, 1.165) is 12.1 Å². The third-order valence-electron chi connectivity index (χ3n) is 2.85. The fourth-order valence-corrected chi connectivity index (χ4v) is 1.89. The lowest BCUT2D eigenvalue weighted by Gasteiger charge is -2.07. The largest absolute Gasteiger partial charge is 0.507 e. The molecule has 0 atom stereocenters.